The first kappa shape index (κ1) is 14.7. The molecule has 3 heteroatoms. The van der Waals surface area contributed by atoms with Crippen LogP contribution in [0.25, 0.3) is 0 Å². The third kappa shape index (κ3) is 4.41. The molecule has 0 spiro atoms. The predicted octanol–water partition coefficient (Wildman–Crippen LogP) is 3.09. The Hall–Kier alpha value is -0.380. The lowest BCUT2D eigenvalue weighted by Gasteiger charge is -2.33. The van der Waals surface area contributed by atoms with Crippen LogP contribution in [0, 0.1) is 17.8 Å². The zero-order chi connectivity index (χ0) is 12.8. The van der Waals surface area contributed by atoms with Gasteiger partial charge in [-0.25, -0.2) is 0 Å². The molecule has 0 saturated carbocycles. The van der Waals surface area contributed by atoms with E-state index in [1.165, 1.54) is 4.88 Å². The fraction of sp³-hybridized carbons (Fsp3) is 0.714. The Balaban J connectivity index is 2.56. The third-order valence-corrected chi connectivity index (χ3v) is 4.25. The molecule has 98 valence electrons. The van der Waals surface area contributed by atoms with Crippen LogP contribution >= 0.6 is 11.3 Å². The summed E-state index contributed by atoms with van der Waals surface area (Å²) in [6.07, 6.45) is 0. The Morgan fingerprint density at radius 3 is 2.29 bits per heavy atom. The van der Waals surface area contributed by atoms with E-state index < -0.39 is 0 Å². The normalized spacial score (nSPS) is 13.9. The monoisotopic (exact) mass is 254 g/mol. The molecule has 0 aliphatic heterocycles. The molecular formula is C14H26N2S. The molecule has 0 bridgehead atoms. The average Bonchev–Trinajstić information content (AvgIpc) is 2.75. The van der Waals surface area contributed by atoms with Crippen molar-refractivity contribution < 1.29 is 0 Å². The molecule has 1 heterocycles. The SMILES string of the molecule is CC(C)C(C(C)C)C(CN)NCc1cccs1. The number of nitrogens with one attached hydrogen (secondary N) is 1. The highest BCUT2D eigenvalue weighted by molar-refractivity contribution is 7.09. The summed E-state index contributed by atoms with van der Waals surface area (Å²) in [4.78, 5) is 1.38. The number of thiophene rings is 1. The first-order valence-electron chi connectivity index (χ1n) is 6.52. The Labute approximate surface area is 110 Å². The van der Waals surface area contributed by atoms with E-state index in [4.69, 9.17) is 5.73 Å². The predicted molar refractivity (Wildman–Crippen MR) is 77.2 cm³/mol. The molecule has 0 aliphatic carbocycles. The number of hydrogen-bond donors (Lipinski definition) is 2. The molecule has 1 aromatic heterocycles. The van der Waals surface area contributed by atoms with Crippen molar-refractivity contribution >= 4 is 11.3 Å². The molecule has 1 aromatic rings. The summed E-state index contributed by atoms with van der Waals surface area (Å²) in [5, 5.41) is 5.74. The molecule has 2 nitrogen and oxygen atoms in total. The van der Waals surface area contributed by atoms with E-state index in [1.54, 1.807) is 11.3 Å². The summed E-state index contributed by atoms with van der Waals surface area (Å²) in [5.74, 6) is 1.97. The van der Waals surface area contributed by atoms with Gasteiger partial charge < -0.3 is 11.1 Å². The van der Waals surface area contributed by atoms with Crippen molar-refractivity contribution in [3.8, 4) is 0 Å². The maximum atomic E-state index is 5.93. The summed E-state index contributed by atoms with van der Waals surface area (Å²) in [5.41, 5.74) is 5.93. The van der Waals surface area contributed by atoms with Gasteiger partial charge in [0.05, 0.1) is 0 Å². The minimum atomic E-state index is 0.414. The van der Waals surface area contributed by atoms with Crippen LogP contribution < -0.4 is 11.1 Å². The van der Waals surface area contributed by atoms with Crippen molar-refractivity contribution in [3.63, 3.8) is 0 Å². The highest BCUT2D eigenvalue weighted by Crippen LogP contribution is 2.24. The van der Waals surface area contributed by atoms with Gasteiger partial charge in [-0.05, 0) is 29.2 Å². The van der Waals surface area contributed by atoms with Gasteiger partial charge in [0.1, 0.15) is 0 Å². The second kappa shape index (κ2) is 7.14. The van der Waals surface area contributed by atoms with Crippen LogP contribution in [0.4, 0.5) is 0 Å². The summed E-state index contributed by atoms with van der Waals surface area (Å²) in [6, 6.07) is 4.68. The molecule has 0 aliphatic rings. The van der Waals surface area contributed by atoms with Gasteiger partial charge in [0.2, 0.25) is 0 Å². The fourth-order valence-electron chi connectivity index (χ4n) is 2.72. The molecule has 0 fully saturated rings. The maximum absolute atomic E-state index is 5.93. The summed E-state index contributed by atoms with van der Waals surface area (Å²) in [7, 11) is 0. The van der Waals surface area contributed by atoms with E-state index >= 15 is 0 Å². The lowest BCUT2D eigenvalue weighted by Crippen LogP contribution is -2.45. The van der Waals surface area contributed by atoms with Crippen molar-refractivity contribution in [3.05, 3.63) is 22.4 Å². The number of hydrogen-bond acceptors (Lipinski definition) is 3. The van der Waals surface area contributed by atoms with Crippen molar-refractivity contribution in [2.75, 3.05) is 6.54 Å². The van der Waals surface area contributed by atoms with E-state index in [0.717, 1.165) is 6.54 Å². The Bertz CT molecular complexity index is 285. The molecule has 17 heavy (non-hydrogen) atoms. The summed E-state index contributed by atoms with van der Waals surface area (Å²) < 4.78 is 0. The van der Waals surface area contributed by atoms with Gasteiger partial charge in [0.25, 0.3) is 0 Å². The number of nitrogens with two attached hydrogens (primary N) is 1. The fourth-order valence-corrected chi connectivity index (χ4v) is 3.38. The molecule has 0 radical (unpaired) electrons. The van der Waals surface area contributed by atoms with Crippen molar-refractivity contribution in [2.24, 2.45) is 23.5 Å². The second-order valence-electron chi connectivity index (χ2n) is 5.37. The minimum absolute atomic E-state index is 0.414. The first-order chi connectivity index (χ1) is 8.06. The summed E-state index contributed by atoms with van der Waals surface area (Å²) >= 11 is 1.80. The first-order valence-corrected chi connectivity index (χ1v) is 7.40. The average molecular weight is 254 g/mol. The van der Waals surface area contributed by atoms with Gasteiger partial charge in [-0.3, -0.25) is 0 Å². The maximum Gasteiger partial charge on any atom is 0.0302 e. The number of rotatable bonds is 7. The lowest BCUT2D eigenvalue weighted by molar-refractivity contribution is 0.211. The quantitative estimate of drug-likeness (QED) is 0.784. The van der Waals surface area contributed by atoms with Crippen LogP contribution in [0.5, 0.6) is 0 Å². The van der Waals surface area contributed by atoms with E-state index in [2.05, 4.69) is 50.5 Å². The molecule has 1 rings (SSSR count). The molecule has 0 saturated heterocycles. The lowest BCUT2D eigenvalue weighted by atomic mass is 9.80. The largest absolute Gasteiger partial charge is 0.329 e. The molecule has 3 N–H and O–H groups in total. The van der Waals surface area contributed by atoms with Crippen molar-refractivity contribution in [2.45, 2.75) is 40.3 Å². The topological polar surface area (TPSA) is 38.0 Å². The van der Waals surface area contributed by atoms with Crippen molar-refractivity contribution in [1.82, 2.24) is 5.32 Å². The third-order valence-electron chi connectivity index (χ3n) is 3.38. The standard InChI is InChI=1S/C14H26N2S/c1-10(2)14(11(3)4)13(8-15)16-9-12-6-5-7-17-12/h5-7,10-11,13-14,16H,8-9,15H2,1-4H3. The Kier molecular flexibility index (Phi) is 6.17. The highest BCUT2D eigenvalue weighted by atomic mass is 32.1. The Morgan fingerprint density at radius 2 is 1.88 bits per heavy atom. The van der Waals surface area contributed by atoms with E-state index in [0.29, 0.717) is 30.3 Å². The van der Waals surface area contributed by atoms with E-state index in [9.17, 15) is 0 Å². The van der Waals surface area contributed by atoms with E-state index in [1.807, 2.05) is 0 Å². The molecular weight excluding hydrogens is 228 g/mol. The zero-order valence-electron chi connectivity index (χ0n) is 11.4. The van der Waals surface area contributed by atoms with Gasteiger partial charge in [-0.1, -0.05) is 33.8 Å². The van der Waals surface area contributed by atoms with E-state index in [-0.39, 0.29) is 0 Å². The second-order valence-corrected chi connectivity index (χ2v) is 6.40. The summed E-state index contributed by atoms with van der Waals surface area (Å²) in [6.45, 7) is 10.8. The van der Waals surface area contributed by atoms with Gasteiger partial charge in [-0.2, -0.15) is 0 Å². The van der Waals surface area contributed by atoms with Crippen LogP contribution in [-0.4, -0.2) is 12.6 Å². The highest BCUT2D eigenvalue weighted by Gasteiger charge is 2.25. The van der Waals surface area contributed by atoms with Gasteiger partial charge >= 0.3 is 0 Å². The van der Waals surface area contributed by atoms with Gasteiger partial charge in [0.15, 0.2) is 0 Å². The van der Waals surface area contributed by atoms with Crippen LogP contribution in [0.2, 0.25) is 0 Å². The van der Waals surface area contributed by atoms with Crippen LogP contribution in [0.1, 0.15) is 32.6 Å². The van der Waals surface area contributed by atoms with Gasteiger partial charge in [-0.15, -0.1) is 11.3 Å². The molecule has 0 amide bonds. The molecule has 1 unspecified atom stereocenters. The molecule has 0 aromatic carbocycles. The minimum Gasteiger partial charge on any atom is -0.329 e. The van der Waals surface area contributed by atoms with Crippen LogP contribution in [0.15, 0.2) is 17.5 Å². The van der Waals surface area contributed by atoms with Crippen molar-refractivity contribution in [1.29, 1.82) is 0 Å². The zero-order valence-corrected chi connectivity index (χ0v) is 12.3. The van der Waals surface area contributed by atoms with Crippen LogP contribution in [-0.2, 0) is 6.54 Å². The van der Waals surface area contributed by atoms with Gasteiger partial charge in [0, 0.05) is 24.0 Å². The van der Waals surface area contributed by atoms with Crippen LogP contribution in [0.3, 0.4) is 0 Å². The Morgan fingerprint density at radius 1 is 1.24 bits per heavy atom. The molecule has 1 atom stereocenters. The smallest absolute Gasteiger partial charge is 0.0302 e.